The fraction of sp³-hybridized carbons (Fsp3) is 0.667. The minimum absolute atomic E-state index is 0.271. The fourth-order valence-electron chi connectivity index (χ4n) is 1.51. The van der Waals surface area contributed by atoms with E-state index >= 15 is 0 Å². The molecule has 72 valence electrons. The number of rotatable bonds is 2. The van der Waals surface area contributed by atoms with E-state index in [-0.39, 0.29) is 6.10 Å². The summed E-state index contributed by atoms with van der Waals surface area (Å²) in [5.74, 6) is 0. The Kier molecular flexibility index (Phi) is 2.61. The van der Waals surface area contributed by atoms with E-state index in [1.54, 1.807) is 0 Å². The van der Waals surface area contributed by atoms with Crippen molar-refractivity contribution in [2.24, 2.45) is 0 Å². The van der Waals surface area contributed by atoms with E-state index in [0.717, 1.165) is 31.9 Å². The molecular weight excluding hydrogens is 166 g/mol. The number of nitrogens with zero attached hydrogens (tertiary/aromatic N) is 2. The molecule has 2 rings (SSSR count). The zero-order valence-electron chi connectivity index (χ0n) is 7.86. The van der Waals surface area contributed by atoms with Crippen molar-refractivity contribution in [3.63, 3.8) is 0 Å². The maximum Gasteiger partial charge on any atom is 0.0895 e. The Labute approximate surface area is 77.9 Å². The lowest BCUT2D eigenvalue weighted by Crippen LogP contribution is -2.40. The Balaban J connectivity index is 1.89. The molecule has 0 amide bonds. The van der Waals surface area contributed by atoms with Gasteiger partial charge in [0.2, 0.25) is 0 Å². The lowest BCUT2D eigenvalue weighted by atomic mass is 10.3. The first-order valence-corrected chi connectivity index (χ1v) is 4.67. The van der Waals surface area contributed by atoms with Crippen molar-refractivity contribution in [1.29, 1.82) is 0 Å². The summed E-state index contributed by atoms with van der Waals surface area (Å²) < 4.78 is 7.51. The second kappa shape index (κ2) is 3.89. The van der Waals surface area contributed by atoms with E-state index in [1.807, 2.05) is 23.9 Å². The summed E-state index contributed by atoms with van der Waals surface area (Å²) in [5, 5.41) is 7.61. The maximum absolute atomic E-state index is 5.57. The van der Waals surface area contributed by atoms with Crippen LogP contribution in [0.4, 0.5) is 0 Å². The topological polar surface area (TPSA) is 39.1 Å². The van der Waals surface area contributed by atoms with Crippen LogP contribution in [-0.4, -0.2) is 35.6 Å². The number of aromatic nitrogens is 2. The molecule has 1 fully saturated rings. The van der Waals surface area contributed by atoms with E-state index in [1.165, 1.54) is 0 Å². The molecule has 0 saturated carbocycles. The van der Waals surface area contributed by atoms with Gasteiger partial charge in [-0.1, -0.05) is 0 Å². The van der Waals surface area contributed by atoms with Crippen molar-refractivity contribution in [2.75, 3.05) is 19.7 Å². The molecule has 0 radical (unpaired) electrons. The molecule has 4 nitrogen and oxygen atoms in total. The summed E-state index contributed by atoms with van der Waals surface area (Å²) in [7, 11) is 0. The van der Waals surface area contributed by atoms with Crippen LogP contribution in [0.5, 0.6) is 0 Å². The minimum atomic E-state index is 0.271. The molecule has 1 atom stereocenters. The number of morpholine rings is 1. The van der Waals surface area contributed by atoms with Gasteiger partial charge in [0.25, 0.3) is 0 Å². The van der Waals surface area contributed by atoms with Crippen molar-refractivity contribution in [1.82, 2.24) is 15.1 Å². The predicted octanol–water partition coefficient (Wildman–Crippen LogP) is 0.180. The normalized spacial score (nSPS) is 23.3. The molecule has 1 N–H and O–H groups in total. The third-order valence-corrected chi connectivity index (χ3v) is 2.17. The highest BCUT2D eigenvalue weighted by atomic mass is 16.5. The quantitative estimate of drug-likeness (QED) is 0.707. The molecule has 0 bridgehead atoms. The molecule has 1 unspecified atom stereocenters. The summed E-state index contributed by atoms with van der Waals surface area (Å²) in [6, 6.07) is 2.01. The number of hydrogen-bond donors (Lipinski definition) is 1. The molecule has 4 heteroatoms. The van der Waals surface area contributed by atoms with Gasteiger partial charge in [-0.3, -0.25) is 4.68 Å². The van der Waals surface area contributed by atoms with Gasteiger partial charge in [-0.15, -0.1) is 0 Å². The van der Waals surface area contributed by atoms with Crippen LogP contribution in [-0.2, 0) is 11.3 Å². The largest absolute Gasteiger partial charge is 0.374 e. The average Bonchev–Trinajstić information content (AvgIpc) is 2.53. The number of hydrogen-bond acceptors (Lipinski definition) is 3. The molecule has 1 aromatic rings. The number of ether oxygens (including phenoxy) is 1. The Bertz CT molecular complexity index is 266. The van der Waals surface area contributed by atoms with Gasteiger partial charge in [0.15, 0.2) is 0 Å². The highest BCUT2D eigenvalue weighted by Gasteiger charge is 2.13. The van der Waals surface area contributed by atoms with Crippen molar-refractivity contribution >= 4 is 0 Å². The molecular formula is C9H15N3O. The second-order valence-electron chi connectivity index (χ2n) is 3.38. The highest BCUT2D eigenvalue weighted by molar-refractivity contribution is 4.95. The first-order valence-electron chi connectivity index (χ1n) is 4.67. The van der Waals surface area contributed by atoms with Crippen LogP contribution in [0.2, 0.25) is 0 Å². The van der Waals surface area contributed by atoms with Crippen molar-refractivity contribution in [2.45, 2.75) is 19.6 Å². The summed E-state index contributed by atoms with van der Waals surface area (Å²) >= 11 is 0. The molecule has 13 heavy (non-hydrogen) atoms. The zero-order chi connectivity index (χ0) is 9.10. The molecule has 2 heterocycles. The van der Waals surface area contributed by atoms with E-state index in [4.69, 9.17) is 4.74 Å². The van der Waals surface area contributed by atoms with Crippen molar-refractivity contribution < 1.29 is 4.74 Å². The van der Waals surface area contributed by atoms with Crippen LogP contribution in [0.3, 0.4) is 0 Å². The van der Waals surface area contributed by atoms with Gasteiger partial charge in [-0.25, -0.2) is 0 Å². The van der Waals surface area contributed by atoms with Gasteiger partial charge in [0.05, 0.1) is 24.9 Å². The Morgan fingerprint density at radius 3 is 3.31 bits per heavy atom. The van der Waals surface area contributed by atoms with Crippen molar-refractivity contribution in [3.05, 3.63) is 18.0 Å². The standard InChI is InChI=1S/C9H15N3O/c1-8-2-4-12(11-8)7-9-6-10-3-5-13-9/h2,4,9-10H,3,5-7H2,1H3. The highest BCUT2D eigenvalue weighted by Crippen LogP contribution is 2.00. The van der Waals surface area contributed by atoms with E-state index in [2.05, 4.69) is 10.4 Å². The third-order valence-electron chi connectivity index (χ3n) is 2.17. The first-order chi connectivity index (χ1) is 6.34. The lowest BCUT2D eigenvalue weighted by molar-refractivity contribution is 0.0161. The van der Waals surface area contributed by atoms with Gasteiger partial charge in [0, 0.05) is 19.3 Å². The van der Waals surface area contributed by atoms with Crippen LogP contribution in [0.1, 0.15) is 5.69 Å². The molecule has 0 aliphatic carbocycles. The van der Waals surface area contributed by atoms with E-state index < -0.39 is 0 Å². The molecule has 1 aliphatic rings. The molecule has 1 saturated heterocycles. The lowest BCUT2D eigenvalue weighted by Gasteiger charge is -2.23. The van der Waals surface area contributed by atoms with Crippen LogP contribution < -0.4 is 5.32 Å². The summed E-state index contributed by atoms with van der Waals surface area (Å²) in [4.78, 5) is 0. The van der Waals surface area contributed by atoms with Crippen molar-refractivity contribution in [3.8, 4) is 0 Å². The fourth-order valence-corrected chi connectivity index (χ4v) is 1.51. The molecule has 1 aromatic heterocycles. The summed E-state index contributed by atoms with van der Waals surface area (Å²) in [6.45, 7) is 5.55. The minimum Gasteiger partial charge on any atom is -0.374 e. The van der Waals surface area contributed by atoms with Gasteiger partial charge in [-0.05, 0) is 13.0 Å². The second-order valence-corrected chi connectivity index (χ2v) is 3.38. The smallest absolute Gasteiger partial charge is 0.0895 e. The van der Waals surface area contributed by atoms with Gasteiger partial charge >= 0.3 is 0 Å². The van der Waals surface area contributed by atoms with E-state index in [0.29, 0.717) is 0 Å². The predicted molar refractivity (Wildman–Crippen MR) is 49.6 cm³/mol. The number of aryl methyl sites for hydroxylation is 1. The molecule has 0 spiro atoms. The van der Waals surface area contributed by atoms with Crippen LogP contribution in [0.15, 0.2) is 12.3 Å². The van der Waals surface area contributed by atoms with Crippen LogP contribution in [0.25, 0.3) is 0 Å². The number of nitrogens with one attached hydrogen (secondary N) is 1. The van der Waals surface area contributed by atoms with Crippen LogP contribution >= 0.6 is 0 Å². The summed E-state index contributed by atoms with van der Waals surface area (Å²) in [5.41, 5.74) is 1.06. The van der Waals surface area contributed by atoms with E-state index in [9.17, 15) is 0 Å². The molecule has 0 aromatic carbocycles. The molecule has 1 aliphatic heterocycles. The third kappa shape index (κ3) is 2.29. The average molecular weight is 181 g/mol. The Morgan fingerprint density at radius 2 is 2.69 bits per heavy atom. The van der Waals surface area contributed by atoms with Gasteiger partial charge in [0.1, 0.15) is 0 Å². The Hall–Kier alpha value is -0.870. The maximum atomic E-state index is 5.57. The monoisotopic (exact) mass is 181 g/mol. The van der Waals surface area contributed by atoms with Crippen LogP contribution in [0, 0.1) is 6.92 Å². The first kappa shape index (κ1) is 8.72. The van der Waals surface area contributed by atoms with Gasteiger partial charge < -0.3 is 10.1 Å². The SMILES string of the molecule is Cc1ccn(CC2CNCCO2)n1. The zero-order valence-corrected chi connectivity index (χ0v) is 7.86. The summed E-state index contributed by atoms with van der Waals surface area (Å²) in [6.07, 6.45) is 2.26. The Morgan fingerprint density at radius 1 is 1.77 bits per heavy atom. The van der Waals surface area contributed by atoms with Gasteiger partial charge in [-0.2, -0.15) is 5.10 Å².